The van der Waals surface area contributed by atoms with Gasteiger partial charge in [0.1, 0.15) is 11.6 Å². The highest BCUT2D eigenvalue weighted by Crippen LogP contribution is 2.22. The smallest absolute Gasteiger partial charge is 0.261 e. The van der Waals surface area contributed by atoms with Crippen molar-refractivity contribution in [2.75, 3.05) is 11.4 Å². The highest BCUT2D eigenvalue weighted by Gasteiger charge is 2.21. The number of carbonyl (C=O) groups excluding carboxylic acids is 2. The maximum Gasteiger partial charge on any atom is 0.261 e. The third-order valence-electron chi connectivity index (χ3n) is 3.12. The van der Waals surface area contributed by atoms with Crippen molar-refractivity contribution in [2.24, 2.45) is 5.73 Å². The molecule has 2 N–H and O–H groups in total. The average Bonchev–Trinajstić information content (AvgIpc) is 2.51. The summed E-state index contributed by atoms with van der Waals surface area (Å²) in [6.07, 6.45) is -0.0985. The summed E-state index contributed by atoms with van der Waals surface area (Å²) in [6.45, 7) is -0.0360. The van der Waals surface area contributed by atoms with Gasteiger partial charge >= 0.3 is 0 Å². The largest absolute Gasteiger partial charge is 0.370 e. The molecule has 4 nitrogen and oxygen atoms in total. The number of nitrogens with zero attached hydrogens (tertiary/aromatic N) is 1. The molecule has 0 heterocycles. The molecular weight excluding hydrogens is 370 g/mol. The molecule has 0 radical (unpaired) electrons. The number of benzene rings is 2. The van der Waals surface area contributed by atoms with Crippen molar-refractivity contribution in [3.05, 3.63) is 64.1 Å². The fourth-order valence-electron chi connectivity index (χ4n) is 2.00. The Morgan fingerprint density at radius 1 is 1.09 bits per heavy atom. The van der Waals surface area contributed by atoms with Gasteiger partial charge in [-0.15, -0.1) is 0 Å². The monoisotopic (exact) mass is 382 g/mol. The van der Waals surface area contributed by atoms with Gasteiger partial charge in [-0.05, 0) is 42.5 Å². The molecule has 0 aliphatic carbocycles. The molecule has 7 heteroatoms. The Hall–Kier alpha value is -2.28. The van der Waals surface area contributed by atoms with Gasteiger partial charge < -0.3 is 10.6 Å². The number of anilines is 1. The highest BCUT2D eigenvalue weighted by molar-refractivity contribution is 9.10. The van der Waals surface area contributed by atoms with Gasteiger partial charge in [0, 0.05) is 23.1 Å². The van der Waals surface area contributed by atoms with Crippen LogP contribution in [0, 0.1) is 11.6 Å². The van der Waals surface area contributed by atoms with Gasteiger partial charge in [0.05, 0.1) is 5.56 Å². The van der Waals surface area contributed by atoms with E-state index >= 15 is 0 Å². The lowest BCUT2D eigenvalue weighted by atomic mass is 10.1. The molecule has 0 saturated carbocycles. The molecule has 0 aliphatic rings. The molecule has 2 rings (SSSR count). The van der Waals surface area contributed by atoms with Crippen molar-refractivity contribution in [1.29, 1.82) is 0 Å². The first-order valence-electron chi connectivity index (χ1n) is 6.69. The van der Waals surface area contributed by atoms with Gasteiger partial charge in [-0.2, -0.15) is 0 Å². The number of halogens is 3. The van der Waals surface area contributed by atoms with E-state index in [-0.39, 0.29) is 18.5 Å². The minimum atomic E-state index is -0.690. The lowest BCUT2D eigenvalue weighted by molar-refractivity contribution is -0.117. The summed E-state index contributed by atoms with van der Waals surface area (Å²) in [7, 11) is 0. The van der Waals surface area contributed by atoms with Gasteiger partial charge in [-0.3, -0.25) is 9.59 Å². The van der Waals surface area contributed by atoms with Crippen molar-refractivity contribution in [2.45, 2.75) is 6.42 Å². The van der Waals surface area contributed by atoms with E-state index in [1.165, 1.54) is 41.3 Å². The fraction of sp³-hybridized carbons (Fsp3) is 0.125. The van der Waals surface area contributed by atoms with Crippen LogP contribution >= 0.6 is 15.9 Å². The number of nitrogens with two attached hydrogens (primary N) is 1. The molecule has 0 bridgehead atoms. The van der Waals surface area contributed by atoms with Crippen LogP contribution in [0.4, 0.5) is 14.5 Å². The van der Waals surface area contributed by atoms with E-state index in [1.54, 1.807) is 0 Å². The van der Waals surface area contributed by atoms with Crippen LogP contribution in [0.5, 0.6) is 0 Å². The Morgan fingerprint density at radius 2 is 1.74 bits per heavy atom. The molecule has 0 atom stereocenters. The highest BCUT2D eigenvalue weighted by atomic mass is 79.9. The van der Waals surface area contributed by atoms with E-state index < -0.39 is 23.4 Å². The van der Waals surface area contributed by atoms with Gasteiger partial charge in [0.15, 0.2) is 0 Å². The van der Waals surface area contributed by atoms with Crippen molar-refractivity contribution in [1.82, 2.24) is 0 Å². The standard InChI is InChI=1S/C16H13BrF2N2O2/c17-10-1-6-14(19)13(9-10)16(23)21(8-7-15(20)22)12-4-2-11(18)3-5-12/h1-6,9H,7-8H2,(H2,20,22). The number of hydrogen-bond donors (Lipinski definition) is 1. The third kappa shape index (κ3) is 4.35. The van der Waals surface area contributed by atoms with Crippen molar-refractivity contribution in [3.8, 4) is 0 Å². The molecule has 0 fully saturated rings. The lowest BCUT2D eigenvalue weighted by Gasteiger charge is -2.23. The fourth-order valence-corrected chi connectivity index (χ4v) is 2.36. The van der Waals surface area contributed by atoms with E-state index in [4.69, 9.17) is 5.73 Å². The van der Waals surface area contributed by atoms with Crippen LogP contribution in [0.3, 0.4) is 0 Å². The summed E-state index contributed by atoms with van der Waals surface area (Å²) in [5.74, 6) is -2.40. The van der Waals surface area contributed by atoms with Gasteiger partial charge in [0.25, 0.3) is 5.91 Å². The summed E-state index contributed by atoms with van der Waals surface area (Å²) in [6, 6.07) is 9.09. The first kappa shape index (κ1) is 17.1. The van der Waals surface area contributed by atoms with E-state index in [0.29, 0.717) is 10.2 Å². The Kier molecular flexibility index (Phi) is 5.44. The molecule has 0 saturated heterocycles. The van der Waals surface area contributed by atoms with Crippen LogP contribution in [0.2, 0.25) is 0 Å². The summed E-state index contributed by atoms with van der Waals surface area (Å²) < 4.78 is 27.5. The maximum atomic E-state index is 13.9. The zero-order valence-corrected chi connectivity index (χ0v) is 13.5. The normalized spacial score (nSPS) is 10.4. The zero-order valence-electron chi connectivity index (χ0n) is 11.9. The van der Waals surface area contributed by atoms with E-state index in [1.807, 2.05) is 0 Å². The number of carbonyl (C=O) groups is 2. The number of amides is 2. The van der Waals surface area contributed by atoms with Crippen molar-refractivity contribution in [3.63, 3.8) is 0 Å². The van der Waals surface area contributed by atoms with Crippen LogP contribution in [0.1, 0.15) is 16.8 Å². The van der Waals surface area contributed by atoms with Crippen LogP contribution in [0.15, 0.2) is 46.9 Å². The molecule has 0 aliphatic heterocycles. The molecule has 0 unspecified atom stereocenters. The quantitative estimate of drug-likeness (QED) is 0.862. The molecule has 23 heavy (non-hydrogen) atoms. The summed E-state index contributed by atoms with van der Waals surface area (Å²) in [4.78, 5) is 24.8. The predicted molar refractivity (Wildman–Crippen MR) is 86.0 cm³/mol. The van der Waals surface area contributed by atoms with Crippen LogP contribution in [0.25, 0.3) is 0 Å². The van der Waals surface area contributed by atoms with Crippen molar-refractivity contribution < 1.29 is 18.4 Å². The second kappa shape index (κ2) is 7.32. The number of hydrogen-bond acceptors (Lipinski definition) is 2. The Morgan fingerprint density at radius 3 is 2.35 bits per heavy atom. The van der Waals surface area contributed by atoms with E-state index in [0.717, 1.165) is 6.07 Å². The van der Waals surface area contributed by atoms with Crippen LogP contribution < -0.4 is 10.6 Å². The minimum absolute atomic E-state index is 0.0360. The Bertz CT molecular complexity index is 735. The van der Waals surface area contributed by atoms with Gasteiger partial charge in [0.2, 0.25) is 5.91 Å². The molecule has 2 amide bonds. The molecular formula is C16H13BrF2N2O2. The minimum Gasteiger partial charge on any atom is -0.370 e. The predicted octanol–water partition coefficient (Wildman–Crippen LogP) is 3.25. The first-order chi connectivity index (χ1) is 10.9. The molecule has 2 aromatic carbocycles. The SMILES string of the molecule is NC(=O)CCN(C(=O)c1cc(Br)ccc1F)c1ccc(F)cc1. The first-order valence-corrected chi connectivity index (χ1v) is 7.48. The summed E-state index contributed by atoms with van der Waals surface area (Å²) >= 11 is 3.18. The maximum absolute atomic E-state index is 13.9. The Labute approximate surface area is 140 Å². The van der Waals surface area contributed by atoms with Crippen LogP contribution in [-0.2, 0) is 4.79 Å². The van der Waals surface area contributed by atoms with Crippen LogP contribution in [-0.4, -0.2) is 18.4 Å². The second-order valence-corrected chi connectivity index (χ2v) is 5.69. The van der Waals surface area contributed by atoms with E-state index in [2.05, 4.69) is 15.9 Å². The van der Waals surface area contributed by atoms with E-state index in [9.17, 15) is 18.4 Å². The van der Waals surface area contributed by atoms with Gasteiger partial charge in [-0.25, -0.2) is 8.78 Å². The molecule has 120 valence electrons. The van der Waals surface area contributed by atoms with Crippen molar-refractivity contribution >= 4 is 33.4 Å². The molecule has 2 aromatic rings. The average molecular weight is 383 g/mol. The second-order valence-electron chi connectivity index (χ2n) is 4.77. The molecule has 0 aromatic heterocycles. The van der Waals surface area contributed by atoms with Gasteiger partial charge in [-0.1, -0.05) is 15.9 Å². The topological polar surface area (TPSA) is 63.4 Å². The number of primary amides is 1. The Balaban J connectivity index is 2.39. The molecule has 0 spiro atoms. The summed E-state index contributed by atoms with van der Waals surface area (Å²) in [5.41, 5.74) is 5.30. The lowest BCUT2D eigenvalue weighted by Crippen LogP contribution is -2.34. The summed E-state index contributed by atoms with van der Waals surface area (Å²) in [5, 5.41) is 0. The number of rotatable bonds is 5. The zero-order chi connectivity index (χ0) is 17.0. The third-order valence-corrected chi connectivity index (χ3v) is 3.62.